The molecule has 2 bridgehead atoms. The molecule has 150 valence electrons. The molecule has 2 fully saturated rings. The second-order valence-electron chi connectivity index (χ2n) is 7.12. The molecule has 0 aromatic heterocycles. The van der Waals surface area contributed by atoms with Gasteiger partial charge in [-0.15, -0.1) is 0 Å². The molecule has 0 aromatic rings. The van der Waals surface area contributed by atoms with Crippen molar-refractivity contribution in [2.75, 3.05) is 13.7 Å². The molecule has 0 aromatic carbocycles. The van der Waals surface area contributed by atoms with Crippen LogP contribution in [0.1, 0.15) is 46.5 Å². The minimum absolute atomic E-state index is 0.0171. The SMILES string of the molecule is C=C(CC(=O)O[C@H]1C[C@H]2C[C@H](OC(=O)/C(C)=C\C)[C@@H](C1)N2C)C(=O)OCC. The average Bonchev–Trinajstić information content (AvgIpc) is 2.79. The third kappa shape index (κ3) is 5.19. The normalized spacial score (nSPS) is 27.8. The average molecular weight is 379 g/mol. The summed E-state index contributed by atoms with van der Waals surface area (Å²) in [5.74, 6) is -1.37. The van der Waals surface area contributed by atoms with Gasteiger partial charge in [0.2, 0.25) is 0 Å². The van der Waals surface area contributed by atoms with Crippen LogP contribution in [0.3, 0.4) is 0 Å². The fourth-order valence-corrected chi connectivity index (χ4v) is 3.65. The van der Waals surface area contributed by atoms with Crippen LogP contribution in [0, 0.1) is 0 Å². The Kier molecular flexibility index (Phi) is 7.18. The highest BCUT2D eigenvalue weighted by atomic mass is 16.6. The maximum absolute atomic E-state index is 12.1. The number of carbonyl (C=O) groups excluding carboxylic acids is 3. The molecule has 0 saturated carbocycles. The highest BCUT2D eigenvalue weighted by molar-refractivity contribution is 5.93. The summed E-state index contributed by atoms with van der Waals surface area (Å²) < 4.78 is 16.0. The fourth-order valence-electron chi connectivity index (χ4n) is 3.65. The summed E-state index contributed by atoms with van der Waals surface area (Å²) in [5.41, 5.74) is 0.672. The predicted octanol–water partition coefficient (Wildman–Crippen LogP) is 2.15. The van der Waals surface area contributed by atoms with Crippen molar-refractivity contribution in [3.05, 3.63) is 23.8 Å². The van der Waals surface area contributed by atoms with E-state index >= 15 is 0 Å². The van der Waals surface area contributed by atoms with E-state index in [-0.39, 0.29) is 48.9 Å². The van der Waals surface area contributed by atoms with Crippen LogP contribution in [0.25, 0.3) is 0 Å². The molecule has 0 unspecified atom stereocenters. The van der Waals surface area contributed by atoms with Gasteiger partial charge in [-0.2, -0.15) is 0 Å². The second kappa shape index (κ2) is 9.17. The Morgan fingerprint density at radius 3 is 2.48 bits per heavy atom. The van der Waals surface area contributed by atoms with Crippen molar-refractivity contribution >= 4 is 17.9 Å². The molecule has 2 saturated heterocycles. The number of ether oxygens (including phenoxy) is 3. The first-order valence-electron chi connectivity index (χ1n) is 9.37. The molecule has 2 heterocycles. The lowest BCUT2D eigenvalue weighted by Gasteiger charge is -2.36. The van der Waals surface area contributed by atoms with Gasteiger partial charge in [-0.3, -0.25) is 9.69 Å². The number of fused-ring (bicyclic) bond motifs is 2. The summed E-state index contributed by atoms with van der Waals surface area (Å²) in [6, 6.07) is 0.210. The number of hydrogen-bond acceptors (Lipinski definition) is 7. The molecule has 7 nitrogen and oxygen atoms in total. The summed E-state index contributed by atoms with van der Waals surface area (Å²) in [4.78, 5) is 38.0. The summed E-state index contributed by atoms with van der Waals surface area (Å²) in [5, 5.41) is 0. The maximum atomic E-state index is 12.1. The molecule has 2 aliphatic heterocycles. The molecule has 0 spiro atoms. The minimum atomic E-state index is -0.579. The van der Waals surface area contributed by atoms with Crippen molar-refractivity contribution in [3.8, 4) is 0 Å². The van der Waals surface area contributed by atoms with E-state index in [9.17, 15) is 14.4 Å². The standard InChI is InChI=1S/C20H29NO6/c1-6-12(3)20(24)27-17-10-14-9-15(11-16(17)21(14)5)26-18(22)8-13(4)19(23)25-7-2/h6,14-17H,4,7-11H2,1-3,5H3/b12-6-/t14-,15-,16+,17-/m0/s1. The van der Waals surface area contributed by atoms with Crippen LogP contribution in [0.15, 0.2) is 23.8 Å². The molecule has 0 radical (unpaired) electrons. The molecule has 7 heteroatoms. The topological polar surface area (TPSA) is 82.1 Å². The van der Waals surface area contributed by atoms with Gasteiger partial charge in [-0.1, -0.05) is 12.7 Å². The Labute approximate surface area is 160 Å². The molecule has 0 N–H and O–H groups in total. The van der Waals surface area contributed by atoms with E-state index in [1.54, 1.807) is 26.8 Å². The largest absolute Gasteiger partial charge is 0.463 e. The van der Waals surface area contributed by atoms with E-state index in [2.05, 4.69) is 11.5 Å². The van der Waals surface area contributed by atoms with E-state index in [1.165, 1.54) is 0 Å². The highest BCUT2D eigenvalue weighted by Crippen LogP contribution is 2.37. The number of hydrogen-bond donors (Lipinski definition) is 0. The Bertz CT molecular complexity index is 640. The van der Waals surface area contributed by atoms with Gasteiger partial charge in [0.25, 0.3) is 0 Å². The second-order valence-corrected chi connectivity index (χ2v) is 7.12. The Balaban J connectivity index is 1.90. The first kappa shape index (κ1) is 21.2. The van der Waals surface area contributed by atoms with E-state index in [0.717, 1.165) is 6.42 Å². The third-order valence-corrected chi connectivity index (χ3v) is 5.31. The zero-order chi connectivity index (χ0) is 20.1. The molecular formula is C20H29NO6. The molecule has 27 heavy (non-hydrogen) atoms. The third-order valence-electron chi connectivity index (χ3n) is 5.31. The van der Waals surface area contributed by atoms with Gasteiger partial charge in [0, 0.05) is 36.5 Å². The fraction of sp³-hybridized carbons (Fsp3) is 0.650. The van der Waals surface area contributed by atoms with Gasteiger partial charge in [-0.05, 0) is 27.8 Å². The Hall–Kier alpha value is -2.15. The number of carbonyl (C=O) groups is 3. The number of allylic oxidation sites excluding steroid dienone is 1. The predicted molar refractivity (Wildman–Crippen MR) is 98.8 cm³/mol. The smallest absolute Gasteiger partial charge is 0.333 e. The lowest BCUT2D eigenvalue weighted by molar-refractivity contribution is -0.155. The van der Waals surface area contributed by atoms with Crippen LogP contribution in [-0.2, 0) is 28.6 Å². The number of piperidine rings is 1. The molecule has 2 rings (SSSR count). The van der Waals surface area contributed by atoms with Crippen LogP contribution in [0.5, 0.6) is 0 Å². The summed E-state index contributed by atoms with van der Waals surface area (Å²) >= 11 is 0. The summed E-state index contributed by atoms with van der Waals surface area (Å²) in [7, 11) is 2.01. The summed E-state index contributed by atoms with van der Waals surface area (Å²) in [6.45, 7) is 9.04. The number of esters is 3. The van der Waals surface area contributed by atoms with Crippen LogP contribution < -0.4 is 0 Å². The van der Waals surface area contributed by atoms with E-state index in [4.69, 9.17) is 14.2 Å². The van der Waals surface area contributed by atoms with Gasteiger partial charge < -0.3 is 14.2 Å². The number of likely N-dealkylation sites (N-methyl/N-ethyl adjacent to an activating group) is 1. The van der Waals surface area contributed by atoms with Gasteiger partial charge >= 0.3 is 17.9 Å². The first-order chi connectivity index (χ1) is 12.8. The molecule has 2 aliphatic rings. The van der Waals surface area contributed by atoms with Gasteiger partial charge in [0.1, 0.15) is 12.2 Å². The molecule has 4 atom stereocenters. The minimum Gasteiger partial charge on any atom is -0.463 e. The van der Waals surface area contributed by atoms with Crippen molar-refractivity contribution in [2.24, 2.45) is 0 Å². The molecule has 0 aliphatic carbocycles. The van der Waals surface area contributed by atoms with Gasteiger partial charge in [0.15, 0.2) is 0 Å². The van der Waals surface area contributed by atoms with Crippen molar-refractivity contribution in [1.29, 1.82) is 0 Å². The first-order valence-corrected chi connectivity index (χ1v) is 9.37. The molecular weight excluding hydrogens is 350 g/mol. The van der Waals surface area contributed by atoms with E-state index in [1.807, 2.05) is 7.05 Å². The van der Waals surface area contributed by atoms with Crippen LogP contribution in [0.4, 0.5) is 0 Å². The van der Waals surface area contributed by atoms with Crippen LogP contribution in [0.2, 0.25) is 0 Å². The van der Waals surface area contributed by atoms with E-state index < -0.39 is 11.9 Å². The Morgan fingerprint density at radius 2 is 1.85 bits per heavy atom. The number of nitrogens with zero attached hydrogens (tertiary/aromatic N) is 1. The van der Waals surface area contributed by atoms with Crippen LogP contribution >= 0.6 is 0 Å². The van der Waals surface area contributed by atoms with Crippen LogP contribution in [-0.4, -0.2) is 60.8 Å². The monoisotopic (exact) mass is 379 g/mol. The van der Waals surface area contributed by atoms with Gasteiger partial charge in [0.05, 0.1) is 19.1 Å². The quantitative estimate of drug-likeness (QED) is 0.381. The van der Waals surface area contributed by atoms with Crippen molar-refractivity contribution in [2.45, 2.75) is 70.7 Å². The van der Waals surface area contributed by atoms with Crippen molar-refractivity contribution in [3.63, 3.8) is 0 Å². The van der Waals surface area contributed by atoms with Crippen molar-refractivity contribution < 1.29 is 28.6 Å². The zero-order valence-electron chi connectivity index (χ0n) is 16.5. The zero-order valence-corrected chi connectivity index (χ0v) is 16.5. The van der Waals surface area contributed by atoms with Crippen molar-refractivity contribution in [1.82, 2.24) is 4.90 Å². The summed E-state index contributed by atoms with van der Waals surface area (Å²) in [6.07, 6.45) is 3.09. The van der Waals surface area contributed by atoms with Gasteiger partial charge in [-0.25, -0.2) is 9.59 Å². The lowest BCUT2D eigenvalue weighted by Crippen LogP contribution is -2.46. The van der Waals surface area contributed by atoms with E-state index in [0.29, 0.717) is 18.4 Å². The molecule has 0 amide bonds. The number of rotatable bonds is 7. The maximum Gasteiger partial charge on any atom is 0.333 e. The highest BCUT2D eigenvalue weighted by Gasteiger charge is 2.47. The lowest BCUT2D eigenvalue weighted by atomic mass is 10.00. The Morgan fingerprint density at radius 1 is 1.15 bits per heavy atom.